The van der Waals surface area contributed by atoms with Crippen molar-refractivity contribution in [3.05, 3.63) is 24.3 Å². The zero-order chi connectivity index (χ0) is 18.6. The van der Waals surface area contributed by atoms with Crippen molar-refractivity contribution in [1.82, 2.24) is 20.1 Å². The van der Waals surface area contributed by atoms with Crippen LogP contribution in [0.25, 0.3) is 11.4 Å². The second-order valence-corrected chi connectivity index (χ2v) is 7.85. The van der Waals surface area contributed by atoms with Crippen LogP contribution in [0.2, 0.25) is 0 Å². The molecular weight excluding hydrogens is 364 g/mol. The Morgan fingerprint density at radius 3 is 2.78 bits per heavy atom. The van der Waals surface area contributed by atoms with Gasteiger partial charge in [0.25, 0.3) is 0 Å². The van der Waals surface area contributed by atoms with Crippen molar-refractivity contribution >= 4 is 17.7 Å². The summed E-state index contributed by atoms with van der Waals surface area (Å²) in [5.74, 6) is 2.00. The first-order chi connectivity index (χ1) is 13.2. The molecule has 1 aliphatic carbocycles. The molecule has 0 bridgehead atoms. The largest absolute Gasteiger partial charge is 0.497 e. The molecule has 1 amide bonds. The Kier molecular flexibility index (Phi) is 5.63. The van der Waals surface area contributed by atoms with Crippen LogP contribution in [0, 0.1) is 0 Å². The van der Waals surface area contributed by atoms with Gasteiger partial charge in [-0.3, -0.25) is 9.36 Å². The topological polar surface area (TPSA) is 78.3 Å². The molecular formula is C19H24N4O3S. The fraction of sp³-hybridized carbons (Fsp3) is 0.526. The lowest BCUT2D eigenvalue weighted by Crippen LogP contribution is -2.27. The molecule has 4 rings (SSSR count). The van der Waals surface area contributed by atoms with Crippen molar-refractivity contribution in [2.45, 2.75) is 49.5 Å². The number of rotatable bonds is 8. The predicted octanol–water partition coefficient (Wildman–Crippen LogP) is 2.50. The number of ether oxygens (including phenoxy) is 2. The quantitative estimate of drug-likeness (QED) is 0.700. The van der Waals surface area contributed by atoms with E-state index in [2.05, 4.69) is 20.1 Å². The van der Waals surface area contributed by atoms with E-state index in [4.69, 9.17) is 9.47 Å². The molecule has 2 aliphatic rings. The SMILES string of the molecule is COc1ccc(-c2nnc(SCC(=O)NC3CC3)n2C[C@H]2CCCO2)cc1. The second-order valence-electron chi connectivity index (χ2n) is 6.91. The minimum absolute atomic E-state index is 0.0557. The number of amides is 1. The third-order valence-corrected chi connectivity index (χ3v) is 5.72. The van der Waals surface area contributed by atoms with Gasteiger partial charge in [-0.2, -0.15) is 0 Å². The number of nitrogens with zero attached hydrogens (tertiary/aromatic N) is 3. The van der Waals surface area contributed by atoms with Crippen LogP contribution in [0.1, 0.15) is 25.7 Å². The monoisotopic (exact) mass is 388 g/mol. The first-order valence-electron chi connectivity index (χ1n) is 9.34. The Bertz CT molecular complexity index is 783. The molecule has 2 aromatic rings. The van der Waals surface area contributed by atoms with Gasteiger partial charge < -0.3 is 14.8 Å². The Hall–Kier alpha value is -2.06. The van der Waals surface area contributed by atoms with Crippen molar-refractivity contribution in [3.63, 3.8) is 0 Å². The highest BCUT2D eigenvalue weighted by Gasteiger charge is 2.25. The zero-order valence-corrected chi connectivity index (χ0v) is 16.2. The third-order valence-electron chi connectivity index (χ3n) is 4.75. The van der Waals surface area contributed by atoms with E-state index in [1.54, 1.807) is 7.11 Å². The molecule has 144 valence electrons. The minimum Gasteiger partial charge on any atom is -0.497 e. The van der Waals surface area contributed by atoms with Crippen molar-refractivity contribution in [3.8, 4) is 17.1 Å². The van der Waals surface area contributed by atoms with Crippen molar-refractivity contribution in [1.29, 1.82) is 0 Å². The number of carbonyl (C=O) groups is 1. The fourth-order valence-electron chi connectivity index (χ4n) is 3.13. The number of nitrogens with one attached hydrogen (secondary N) is 1. The molecule has 0 radical (unpaired) electrons. The van der Waals surface area contributed by atoms with Gasteiger partial charge in [-0.15, -0.1) is 10.2 Å². The fourth-order valence-corrected chi connectivity index (χ4v) is 3.89. The van der Waals surface area contributed by atoms with Crippen molar-refractivity contribution in [2.24, 2.45) is 0 Å². The molecule has 1 aliphatic heterocycles. The van der Waals surface area contributed by atoms with E-state index in [-0.39, 0.29) is 12.0 Å². The predicted molar refractivity (Wildman–Crippen MR) is 103 cm³/mol. The van der Waals surface area contributed by atoms with Crippen LogP contribution < -0.4 is 10.1 Å². The minimum atomic E-state index is 0.0557. The highest BCUT2D eigenvalue weighted by atomic mass is 32.2. The lowest BCUT2D eigenvalue weighted by molar-refractivity contribution is -0.118. The van der Waals surface area contributed by atoms with Gasteiger partial charge >= 0.3 is 0 Å². The standard InChI is InChI=1S/C19H24N4O3S/c1-25-15-8-4-13(5-9-15)18-21-22-19(23(18)11-16-3-2-10-26-16)27-12-17(24)20-14-6-7-14/h4-5,8-9,14,16H,2-3,6-7,10-12H2,1H3,(H,20,24)/t16-/m1/s1. The molecule has 1 aromatic heterocycles. The first kappa shape index (κ1) is 18.3. The number of methoxy groups -OCH3 is 1. The average molecular weight is 388 g/mol. The number of carbonyl (C=O) groups excluding carboxylic acids is 1. The molecule has 1 atom stereocenters. The van der Waals surface area contributed by atoms with Gasteiger partial charge in [-0.05, 0) is 49.9 Å². The normalized spacial score (nSPS) is 19.2. The maximum absolute atomic E-state index is 12.0. The summed E-state index contributed by atoms with van der Waals surface area (Å²) in [4.78, 5) is 12.0. The van der Waals surface area contributed by atoms with Crippen molar-refractivity contribution < 1.29 is 14.3 Å². The van der Waals surface area contributed by atoms with Gasteiger partial charge in [0.05, 0.1) is 25.5 Å². The number of benzene rings is 1. The summed E-state index contributed by atoms with van der Waals surface area (Å²) >= 11 is 1.43. The Morgan fingerprint density at radius 1 is 1.30 bits per heavy atom. The van der Waals surface area contributed by atoms with Gasteiger partial charge in [0.1, 0.15) is 5.75 Å². The molecule has 7 nitrogen and oxygen atoms in total. The maximum atomic E-state index is 12.0. The highest BCUT2D eigenvalue weighted by Crippen LogP contribution is 2.28. The van der Waals surface area contributed by atoms with Gasteiger partial charge in [0, 0.05) is 18.2 Å². The molecule has 1 saturated heterocycles. The molecule has 1 N–H and O–H groups in total. The summed E-state index contributed by atoms with van der Waals surface area (Å²) in [6, 6.07) is 8.15. The number of hydrogen-bond donors (Lipinski definition) is 1. The molecule has 8 heteroatoms. The summed E-state index contributed by atoms with van der Waals surface area (Å²) in [6.07, 6.45) is 4.46. The Morgan fingerprint density at radius 2 is 2.11 bits per heavy atom. The second kappa shape index (κ2) is 8.31. The summed E-state index contributed by atoms with van der Waals surface area (Å²) in [5, 5.41) is 12.5. The number of hydrogen-bond acceptors (Lipinski definition) is 6. The Labute approximate surface area is 162 Å². The lowest BCUT2D eigenvalue weighted by atomic mass is 10.2. The summed E-state index contributed by atoms with van der Waals surface area (Å²) < 4.78 is 13.1. The van der Waals surface area contributed by atoms with Crippen LogP contribution in [0.3, 0.4) is 0 Å². The third kappa shape index (κ3) is 4.62. The van der Waals surface area contributed by atoms with Crippen LogP contribution in [-0.4, -0.2) is 52.3 Å². The van der Waals surface area contributed by atoms with E-state index in [9.17, 15) is 4.79 Å². The number of thioether (sulfide) groups is 1. The van der Waals surface area contributed by atoms with Crippen LogP contribution >= 0.6 is 11.8 Å². The van der Waals surface area contributed by atoms with Crippen LogP contribution in [0.5, 0.6) is 5.75 Å². The van der Waals surface area contributed by atoms with Crippen molar-refractivity contribution in [2.75, 3.05) is 19.5 Å². The molecule has 0 spiro atoms. The van der Waals surface area contributed by atoms with E-state index < -0.39 is 0 Å². The molecule has 1 aromatic carbocycles. The van der Waals surface area contributed by atoms with Gasteiger partial charge in [-0.25, -0.2) is 0 Å². The lowest BCUT2D eigenvalue weighted by Gasteiger charge is -2.15. The molecule has 2 heterocycles. The van der Waals surface area contributed by atoms with Crippen LogP contribution in [0.15, 0.2) is 29.4 Å². The van der Waals surface area contributed by atoms with Gasteiger partial charge in [0.2, 0.25) is 5.91 Å². The molecule has 0 unspecified atom stereocenters. The van der Waals surface area contributed by atoms with E-state index in [1.807, 2.05) is 24.3 Å². The smallest absolute Gasteiger partial charge is 0.230 e. The van der Waals surface area contributed by atoms with E-state index in [0.29, 0.717) is 18.3 Å². The van der Waals surface area contributed by atoms with E-state index in [1.165, 1.54) is 11.8 Å². The highest BCUT2D eigenvalue weighted by molar-refractivity contribution is 7.99. The Balaban J connectivity index is 1.53. The first-order valence-corrected chi connectivity index (χ1v) is 10.3. The molecule has 27 heavy (non-hydrogen) atoms. The van der Waals surface area contributed by atoms with Gasteiger partial charge in [0.15, 0.2) is 11.0 Å². The van der Waals surface area contributed by atoms with Gasteiger partial charge in [-0.1, -0.05) is 11.8 Å². The summed E-state index contributed by atoms with van der Waals surface area (Å²) in [7, 11) is 1.65. The molecule has 1 saturated carbocycles. The van der Waals surface area contributed by atoms with E-state index >= 15 is 0 Å². The van der Waals surface area contributed by atoms with E-state index in [0.717, 1.165) is 54.6 Å². The zero-order valence-electron chi connectivity index (χ0n) is 15.4. The summed E-state index contributed by atoms with van der Waals surface area (Å²) in [5.41, 5.74) is 0.968. The summed E-state index contributed by atoms with van der Waals surface area (Å²) in [6.45, 7) is 1.50. The van der Waals surface area contributed by atoms with Crippen LogP contribution in [-0.2, 0) is 16.1 Å². The number of aromatic nitrogens is 3. The molecule has 2 fully saturated rings. The maximum Gasteiger partial charge on any atom is 0.230 e. The van der Waals surface area contributed by atoms with Crippen LogP contribution in [0.4, 0.5) is 0 Å². The average Bonchev–Trinajstić information content (AvgIpc) is 3.18.